The summed E-state index contributed by atoms with van der Waals surface area (Å²) in [7, 11) is 0. The second-order valence-corrected chi connectivity index (χ2v) is 3.53. The lowest BCUT2D eigenvalue weighted by molar-refractivity contribution is -0.441. The van der Waals surface area contributed by atoms with Crippen LogP contribution >= 0.6 is 0 Å². The summed E-state index contributed by atoms with van der Waals surface area (Å²) >= 11 is 0. The van der Waals surface area contributed by atoms with Crippen LogP contribution in [0.4, 0.5) is 17.1 Å². The zero-order chi connectivity index (χ0) is 16.2. The summed E-state index contributed by atoms with van der Waals surface area (Å²) in [5.41, 5.74) is -3.84. The van der Waals surface area contributed by atoms with Crippen LogP contribution < -0.4 is 0 Å². The van der Waals surface area contributed by atoms with Crippen molar-refractivity contribution in [2.75, 3.05) is 0 Å². The molecule has 1 aromatic carbocycles. The van der Waals surface area contributed by atoms with E-state index in [0.717, 1.165) is 18.2 Å². The highest BCUT2D eigenvalue weighted by Gasteiger charge is 2.40. The fourth-order valence-electron chi connectivity index (χ4n) is 1.65. The van der Waals surface area contributed by atoms with Gasteiger partial charge in [-0.15, -0.1) is 0 Å². The van der Waals surface area contributed by atoms with E-state index in [1.54, 1.807) is 0 Å². The van der Waals surface area contributed by atoms with Gasteiger partial charge >= 0.3 is 17.1 Å². The number of carbonyl (C=O) groups excluding carboxylic acids is 1. The standard InChI is InChI=1S/C10H7N3O8/c1-2-8(21-5-14)6-3-4-7(11(15)16)10(13(19)20)9(6)12(17)18/h2-5,8H,1H2. The van der Waals surface area contributed by atoms with Crippen molar-refractivity contribution in [1.29, 1.82) is 0 Å². The van der Waals surface area contributed by atoms with Gasteiger partial charge in [0.1, 0.15) is 0 Å². The van der Waals surface area contributed by atoms with Gasteiger partial charge in [0.25, 0.3) is 6.47 Å². The molecule has 0 heterocycles. The first kappa shape index (κ1) is 15.7. The quantitative estimate of drug-likeness (QED) is 0.319. The SMILES string of the molecule is C=CC(OC=O)c1ccc([N+](=O)[O-])c([N+](=O)[O-])c1[N+](=O)[O-]. The minimum atomic E-state index is -1.34. The monoisotopic (exact) mass is 297 g/mol. The van der Waals surface area contributed by atoms with Crippen molar-refractivity contribution in [3.8, 4) is 0 Å². The summed E-state index contributed by atoms with van der Waals surface area (Å²) in [5, 5.41) is 32.7. The summed E-state index contributed by atoms with van der Waals surface area (Å²) < 4.78 is 4.51. The van der Waals surface area contributed by atoms with Gasteiger partial charge in [-0.3, -0.25) is 35.1 Å². The largest absolute Gasteiger partial charge is 0.455 e. The lowest BCUT2D eigenvalue weighted by atomic mass is 10.0. The van der Waals surface area contributed by atoms with Crippen molar-refractivity contribution in [3.05, 3.63) is 60.7 Å². The average Bonchev–Trinajstić information content (AvgIpc) is 2.42. The Morgan fingerprint density at radius 3 is 2.00 bits per heavy atom. The first-order valence-corrected chi connectivity index (χ1v) is 5.16. The van der Waals surface area contributed by atoms with E-state index in [2.05, 4.69) is 11.3 Å². The maximum atomic E-state index is 11.0. The first-order chi connectivity index (χ1) is 9.84. The van der Waals surface area contributed by atoms with E-state index >= 15 is 0 Å². The lowest BCUT2D eigenvalue weighted by Crippen LogP contribution is -2.08. The Morgan fingerprint density at radius 2 is 1.62 bits per heavy atom. The highest BCUT2D eigenvalue weighted by atomic mass is 16.6. The summed E-state index contributed by atoms with van der Waals surface area (Å²) in [6, 6.07) is 1.63. The average molecular weight is 297 g/mol. The normalized spacial score (nSPS) is 11.2. The zero-order valence-corrected chi connectivity index (χ0v) is 10.2. The maximum absolute atomic E-state index is 11.0. The molecule has 0 saturated carbocycles. The fraction of sp³-hybridized carbons (Fsp3) is 0.100. The predicted octanol–water partition coefficient (Wildman–Crippen LogP) is 1.81. The van der Waals surface area contributed by atoms with Crippen LogP contribution in [0.2, 0.25) is 0 Å². The van der Waals surface area contributed by atoms with Crippen molar-refractivity contribution in [1.82, 2.24) is 0 Å². The molecule has 1 rings (SSSR count). The minimum Gasteiger partial charge on any atom is -0.455 e. The lowest BCUT2D eigenvalue weighted by Gasteiger charge is -2.10. The third kappa shape index (κ3) is 2.97. The van der Waals surface area contributed by atoms with Crippen molar-refractivity contribution >= 4 is 23.5 Å². The third-order valence-corrected chi connectivity index (χ3v) is 2.45. The van der Waals surface area contributed by atoms with Gasteiger partial charge in [-0.1, -0.05) is 6.58 Å². The molecule has 110 valence electrons. The van der Waals surface area contributed by atoms with E-state index in [1.165, 1.54) is 0 Å². The summed E-state index contributed by atoms with van der Waals surface area (Å²) in [4.78, 5) is 39.6. The van der Waals surface area contributed by atoms with Gasteiger partial charge in [-0.2, -0.15) is 0 Å². The number of nitro benzene ring substituents is 3. The van der Waals surface area contributed by atoms with E-state index in [4.69, 9.17) is 0 Å². The fourth-order valence-corrected chi connectivity index (χ4v) is 1.65. The number of nitrogens with zero attached hydrogens (tertiary/aromatic N) is 3. The molecule has 0 aliphatic carbocycles. The smallest absolute Gasteiger partial charge is 0.422 e. The Labute approximate surface area is 115 Å². The minimum absolute atomic E-state index is 0.0245. The number of rotatable bonds is 7. The Hall–Kier alpha value is -3.37. The van der Waals surface area contributed by atoms with Gasteiger partial charge in [0, 0.05) is 6.07 Å². The molecule has 0 spiro atoms. The van der Waals surface area contributed by atoms with E-state index in [-0.39, 0.29) is 12.0 Å². The number of benzene rings is 1. The van der Waals surface area contributed by atoms with Gasteiger partial charge in [0.15, 0.2) is 6.10 Å². The Balaban J connectivity index is 3.75. The molecule has 11 nitrogen and oxygen atoms in total. The summed E-state index contributed by atoms with van der Waals surface area (Å²) in [6.07, 6.45) is -0.353. The van der Waals surface area contributed by atoms with E-state index < -0.39 is 37.9 Å². The van der Waals surface area contributed by atoms with Crippen LogP contribution in [0.3, 0.4) is 0 Å². The van der Waals surface area contributed by atoms with E-state index in [9.17, 15) is 35.1 Å². The highest BCUT2D eigenvalue weighted by Crippen LogP contribution is 2.42. The van der Waals surface area contributed by atoms with Gasteiger partial charge in [-0.05, 0) is 12.1 Å². The molecule has 0 fully saturated rings. The van der Waals surface area contributed by atoms with Crippen LogP contribution in [0.15, 0.2) is 24.8 Å². The molecule has 1 unspecified atom stereocenters. The van der Waals surface area contributed by atoms with Crippen LogP contribution in [-0.4, -0.2) is 21.2 Å². The number of ether oxygens (including phenoxy) is 1. The van der Waals surface area contributed by atoms with Crippen molar-refractivity contribution in [3.63, 3.8) is 0 Å². The first-order valence-electron chi connectivity index (χ1n) is 5.16. The molecule has 0 aliphatic heterocycles. The molecular weight excluding hydrogens is 290 g/mol. The van der Waals surface area contributed by atoms with Crippen LogP contribution in [-0.2, 0) is 9.53 Å². The molecule has 0 N–H and O–H groups in total. The Kier molecular flexibility index (Phi) is 4.62. The van der Waals surface area contributed by atoms with Gasteiger partial charge < -0.3 is 4.74 Å². The van der Waals surface area contributed by atoms with Crippen molar-refractivity contribution in [2.45, 2.75) is 6.10 Å². The number of hydrogen-bond acceptors (Lipinski definition) is 8. The summed E-state index contributed by atoms with van der Waals surface area (Å²) in [5.74, 6) is 0. The zero-order valence-electron chi connectivity index (χ0n) is 10.2. The number of nitro groups is 3. The molecule has 0 saturated heterocycles. The maximum Gasteiger partial charge on any atom is 0.422 e. The van der Waals surface area contributed by atoms with E-state index in [1.807, 2.05) is 0 Å². The molecule has 21 heavy (non-hydrogen) atoms. The Morgan fingerprint density at radius 1 is 1.05 bits per heavy atom. The second-order valence-electron chi connectivity index (χ2n) is 3.53. The van der Waals surface area contributed by atoms with E-state index in [0.29, 0.717) is 0 Å². The molecule has 1 atom stereocenters. The molecule has 0 radical (unpaired) electrons. The van der Waals surface area contributed by atoms with Gasteiger partial charge in [0.2, 0.25) is 0 Å². The van der Waals surface area contributed by atoms with Gasteiger partial charge in [-0.25, -0.2) is 0 Å². The van der Waals surface area contributed by atoms with Crippen molar-refractivity contribution < 1.29 is 24.3 Å². The topological polar surface area (TPSA) is 156 Å². The Bertz CT molecular complexity index is 641. The second kappa shape index (κ2) is 6.18. The van der Waals surface area contributed by atoms with Crippen LogP contribution in [0.25, 0.3) is 0 Å². The number of hydrogen-bond donors (Lipinski definition) is 0. The summed E-state index contributed by atoms with van der Waals surface area (Å²) in [6.45, 7) is 3.25. The molecule has 1 aromatic rings. The molecule has 0 bridgehead atoms. The highest BCUT2D eigenvalue weighted by molar-refractivity contribution is 5.70. The molecule has 11 heteroatoms. The van der Waals surface area contributed by atoms with Gasteiger partial charge in [0.05, 0.1) is 20.3 Å². The van der Waals surface area contributed by atoms with Crippen LogP contribution in [0.5, 0.6) is 0 Å². The molecular formula is C10H7N3O8. The molecule has 0 amide bonds. The van der Waals surface area contributed by atoms with Crippen LogP contribution in [0.1, 0.15) is 11.7 Å². The van der Waals surface area contributed by atoms with Crippen molar-refractivity contribution in [2.24, 2.45) is 0 Å². The number of carbonyl (C=O) groups is 1. The third-order valence-electron chi connectivity index (χ3n) is 2.45. The molecule has 0 aromatic heterocycles. The van der Waals surface area contributed by atoms with Crippen LogP contribution in [0, 0.1) is 30.3 Å². The predicted molar refractivity (Wildman–Crippen MR) is 66.5 cm³/mol. The molecule has 0 aliphatic rings.